The Balaban J connectivity index is 1.72. The normalized spacial score (nSPS) is 39.8. The van der Waals surface area contributed by atoms with E-state index in [1.54, 1.807) is 6.92 Å². The van der Waals surface area contributed by atoms with Crippen LogP contribution in [0, 0.1) is 11.8 Å². The summed E-state index contributed by atoms with van der Waals surface area (Å²) in [6, 6.07) is 0.765. The average molecular weight is 266 g/mol. The molecule has 2 saturated carbocycles. The topological polar surface area (TPSA) is 30.7 Å². The Bertz CT molecular complexity index is 325. The number of quaternary nitrogens is 1. The molecule has 3 rings (SSSR count). The molecule has 0 amide bonds. The predicted molar refractivity (Wildman–Crippen MR) is 74.0 cm³/mol. The van der Waals surface area contributed by atoms with Gasteiger partial charge >= 0.3 is 5.97 Å². The smallest absolute Gasteiger partial charge is 0.302 e. The Morgan fingerprint density at radius 1 is 1.00 bits per heavy atom. The zero-order chi connectivity index (χ0) is 13.2. The molecular weight excluding hydrogens is 238 g/mol. The minimum absolute atomic E-state index is 0.0730. The van der Waals surface area contributed by atoms with E-state index in [-0.39, 0.29) is 12.1 Å². The van der Waals surface area contributed by atoms with Gasteiger partial charge in [-0.25, -0.2) is 0 Å². The summed E-state index contributed by atoms with van der Waals surface area (Å²) in [6.07, 6.45) is 11.0. The van der Waals surface area contributed by atoms with Crippen LogP contribution in [0.2, 0.25) is 0 Å². The zero-order valence-electron chi connectivity index (χ0n) is 12.2. The number of carbonyl (C=O) groups excluding carboxylic acids is 1. The second-order valence-corrected chi connectivity index (χ2v) is 6.83. The van der Waals surface area contributed by atoms with Gasteiger partial charge in [0.15, 0.2) is 0 Å². The van der Waals surface area contributed by atoms with Crippen LogP contribution in [0.25, 0.3) is 0 Å². The van der Waals surface area contributed by atoms with Crippen molar-refractivity contribution in [3.05, 3.63) is 0 Å². The number of likely N-dealkylation sites (tertiary alicyclic amines) is 1. The van der Waals surface area contributed by atoms with Crippen LogP contribution in [0.4, 0.5) is 0 Å². The first kappa shape index (κ1) is 13.4. The lowest BCUT2D eigenvalue weighted by Crippen LogP contribution is -3.17. The van der Waals surface area contributed by atoms with E-state index in [1.807, 2.05) is 4.90 Å². The number of hydrogen-bond donors (Lipinski definition) is 1. The summed E-state index contributed by atoms with van der Waals surface area (Å²) < 4.78 is 5.73. The lowest BCUT2D eigenvalue weighted by atomic mass is 9.67. The van der Waals surface area contributed by atoms with Gasteiger partial charge in [0.25, 0.3) is 0 Å². The van der Waals surface area contributed by atoms with Crippen molar-refractivity contribution in [1.29, 1.82) is 0 Å². The van der Waals surface area contributed by atoms with Gasteiger partial charge in [0.2, 0.25) is 0 Å². The predicted octanol–water partition coefficient (Wildman–Crippen LogP) is 1.57. The van der Waals surface area contributed by atoms with E-state index in [1.165, 1.54) is 64.5 Å². The molecule has 3 nitrogen and oxygen atoms in total. The van der Waals surface area contributed by atoms with Crippen molar-refractivity contribution in [3.63, 3.8) is 0 Å². The monoisotopic (exact) mass is 266 g/mol. The summed E-state index contributed by atoms with van der Waals surface area (Å²) in [5, 5.41) is 0. The Morgan fingerprint density at radius 2 is 1.79 bits per heavy atom. The minimum atomic E-state index is -0.0730. The Labute approximate surface area is 116 Å². The van der Waals surface area contributed by atoms with E-state index in [2.05, 4.69) is 0 Å². The molecule has 3 fully saturated rings. The van der Waals surface area contributed by atoms with Crippen molar-refractivity contribution in [1.82, 2.24) is 0 Å². The molecule has 108 valence electrons. The molecule has 0 unspecified atom stereocenters. The number of carbonyl (C=O) groups is 1. The van der Waals surface area contributed by atoms with Gasteiger partial charge in [-0.15, -0.1) is 0 Å². The number of rotatable bonds is 2. The quantitative estimate of drug-likeness (QED) is 0.769. The summed E-state index contributed by atoms with van der Waals surface area (Å²) in [4.78, 5) is 13.2. The fraction of sp³-hybridized carbons (Fsp3) is 0.938. The highest BCUT2D eigenvalue weighted by molar-refractivity contribution is 5.66. The third-order valence-electron chi connectivity index (χ3n) is 5.69. The molecule has 3 heteroatoms. The van der Waals surface area contributed by atoms with E-state index in [0.29, 0.717) is 11.8 Å². The second kappa shape index (κ2) is 5.82. The van der Waals surface area contributed by atoms with Crippen LogP contribution in [-0.4, -0.2) is 31.2 Å². The lowest BCUT2D eigenvalue weighted by Gasteiger charge is -2.48. The van der Waals surface area contributed by atoms with Gasteiger partial charge in [0.05, 0.1) is 19.1 Å². The third kappa shape index (κ3) is 2.81. The molecule has 0 spiro atoms. The summed E-state index contributed by atoms with van der Waals surface area (Å²) in [5.74, 6) is 1.23. The van der Waals surface area contributed by atoms with Crippen molar-refractivity contribution >= 4 is 5.97 Å². The molecular formula is C16H28NO2+. The Hall–Kier alpha value is -0.570. The standard InChI is InChI=1S/C16H27NO2/c1-12(18)19-16-13-6-5-7-14(16)15(9-8-13)17-10-3-2-4-11-17/h13-16H,2-11H2,1H3/p+1/t13-,14+,15-,16-/m0/s1. The molecule has 0 aromatic rings. The largest absolute Gasteiger partial charge is 0.462 e. The number of esters is 1. The van der Waals surface area contributed by atoms with Crippen LogP contribution >= 0.6 is 0 Å². The average Bonchev–Trinajstić information content (AvgIpc) is 2.39. The lowest BCUT2D eigenvalue weighted by molar-refractivity contribution is -0.936. The molecule has 1 N–H and O–H groups in total. The first-order chi connectivity index (χ1) is 9.25. The number of ether oxygens (including phenoxy) is 1. The van der Waals surface area contributed by atoms with Crippen molar-refractivity contribution in [2.75, 3.05) is 13.1 Å². The van der Waals surface area contributed by atoms with Gasteiger partial charge < -0.3 is 9.64 Å². The van der Waals surface area contributed by atoms with Crippen LogP contribution in [0.15, 0.2) is 0 Å². The molecule has 1 aliphatic heterocycles. The van der Waals surface area contributed by atoms with E-state index in [4.69, 9.17) is 4.74 Å². The second-order valence-electron chi connectivity index (χ2n) is 6.83. The first-order valence-electron chi connectivity index (χ1n) is 8.27. The van der Waals surface area contributed by atoms with Crippen molar-refractivity contribution in [3.8, 4) is 0 Å². The highest BCUT2D eigenvalue weighted by Crippen LogP contribution is 2.41. The molecule has 1 heterocycles. The van der Waals surface area contributed by atoms with Crippen LogP contribution in [0.3, 0.4) is 0 Å². The Morgan fingerprint density at radius 3 is 2.53 bits per heavy atom. The molecule has 4 atom stereocenters. The first-order valence-corrected chi connectivity index (χ1v) is 8.27. The fourth-order valence-electron chi connectivity index (χ4n) is 4.90. The van der Waals surface area contributed by atoms with Crippen molar-refractivity contribution in [2.24, 2.45) is 11.8 Å². The molecule has 2 bridgehead atoms. The summed E-state index contributed by atoms with van der Waals surface area (Å²) in [5.41, 5.74) is 0. The van der Waals surface area contributed by atoms with Gasteiger partial charge in [-0.05, 0) is 44.4 Å². The molecule has 1 saturated heterocycles. The summed E-state index contributed by atoms with van der Waals surface area (Å²) in [7, 11) is 0. The van der Waals surface area contributed by atoms with Crippen molar-refractivity contribution < 1.29 is 14.4 Å². The van der Waals surface area contributed by atoms with Crippen LogP contribution < -0.4 is 4.90 Å². The molecule has 0 aromatic heterocycles. The van der Waals surface area contributed by atoms with Gasteiger partial charge in [-0.3, -0.25) is 4.79 Å². The third-order valence-corrected chi connectivity index (χ3v) is 5.69. The summed E-state index contributed by atoms with van der Waals surface area (Å²) in [6.45, 7) is 4.27. The summed E-state index contributed by atoms with van der Waals surface area (Å²) >= 11 is 0. The van der Waals surface area contributed by atoms with Crippen LogP contribution in [0.5, 0.6) is 0 Å². The van der Waals surface area contributed by atoms with E-state index < -0.39 is 0 Å². The van der Waals surface area contributed by atoms with Gasteiger partial charge in [0.1, 0.15) is 6.10 Å². The minimum Gasteiger partial charge on any atom is -0.462 e. The number of nitrogens with one attached hydrogen (secondary N) is 1. The van der Waals surface area contributed by atoms with Gasteiger partial charge in [-0.2, -0.15) is 0 Å². The van der Waals surface area contributed by atoms with E-state index in [9.17, 15) is 4.79 Å². The molecule has 0 aromatic carbocycles. The maximum absolute atomic E-state index is 11.4. The number of hydrogen-bond acceptors (Lipinski definition) is 2. The number of piperidine rings is 1. The molecule has 2 aliphatic carbocycles. The maximum Gasteiger partial charge on any atom is 0.302 e. The van der Waals surface area contributed by atoms with Gasteiger partial charge in [0, 0.05) is 19.3 Å². The van der Waals surface area contributed by atoms with Crippen LogP contribution in [0.1, 0.15) is 58.3 Å². The van der Waals surface area contributed by atoms with E-state index in [0.717, 1.165) is 6.04 Å². The zero-order valence-corrected chi connectivity index (χ0v) is 12.2. The molecule has 3 aliphatic rings. The molecule has 0 radical (unpaired) electrons. The van der Waals surface area contributed by atoms with E-state index >= 15 is 0 Å². The number of fused-ring (bicyclic) bond motifs is 2. The van der Waals surface area contributed by atoms with Gasteiger partial charge in [-0.1, -0.05) is 6.42 Å². The highest BCUT2D eigenvalue weighted by atomic mass is 16.5. The SMILES string of the molecule is CC(=O)O[C@H]1[C@H]2CCC[C@@H]1[C@@H]([NH+]1CCCCC1)CC2. The highest BCUT2D eigenvalue weighted by Gasteiger charge is 2.47. The maximum atomic E-state index is 11.4. The van der Waals surface area contributed by atoms with Crippen LogP contribution in [-0.2, 0) is 9.53 Å². The Kier molecular flexibility index (Phi) is 4.11. The fourth-order valence-corrected chi connectivity index (χ4v) is 4.90. The molecule has 19 heavy (non-hydrogen) atoms. The van der Waals surface area contributed by atoms with Crippen molar-refractivity contribution in [2.45, 2.75) is 70.4 Å².